The van der Waals surface area contributed by atoms with Crippen LogP contribution in [-0.2, 0) is 4.79 Å². The predicted octanol–water partition coefficient (Wildman–Crippen LogP) is 0.760. The highest BCUT2D eigenvalue weighted by molar-refractivity contribution is 5.95. The number of nitrogens with one attached hydrogen (secondary N) is 3. The number of rotatable bonds is 8. The SMILES string of the molecule is CCNCCNC(=O)C(NC(=O)c1ccco1)C(C)C. The summed E-state index contributed by atoms with van der Waals surface area (Å²) in [6.45, 7) is 7.88. The summed E-state index contributed by atoms with van der Waals surface area (Å²) in [6.07, 6.45) is 1.43. The van der Waals surface area contributed by atoms with Crippen molar-refractivity contribution in [2.45, 2.75) is 26.8 Å². The van der Waals surface area contributed by atoms with Gasteiger partial charge in [0, 0.05) is 13.1 Å². The Bertz CT molecular complexity index is 415. The molecule has 0 saturated heterocycles. The highest BCUT2D eigenvalue weighted by Crippen LogP contribution is 2.05. The van der Waals surface area contributed by atoms with Gasteiger partial charge in [0.15, 0.2) is 5.76 Å². The van der Waals surface area contributed by atoms with Gasteiger partial charge in [-0.15, -0.1) is 0 Å². The van der Waals surface area contributed by atoms with Crippen molar-refractivity contribution >= 4 is 11.8 Å². The third-order valence-corrected chi connectivity index (χ3v) is 2.83. The molecule has 20 heavy (non-hydrogen) atoms. The van der Waals surface area contributed by atoms with E-state index in [1.807, 2.05) is 20.8 Å². The molecule has 1 aromatic rings. The largest absolute Gasteiger partial charge is 0.459 e. The zero-order valence-corrected chi connectivity index (χ0v) is 12.2. The maximum Gasteiger partial charge on any atom is 0.287 e. The van der Waals surface area contributed by atoms with Crippen molar-refractivity contribution in [3.8, 4) is 0 Å². The minimum atomic E-state index is -0.575. The summed E-state index contributed by atoms with van der Waals surface area (Å²) in [7, 11) is 0. The third-order valence-electron chi connectivity index (χ3n) is 2.83. The molecular formula is C14H23N3O3. The Morgan fingerprint density at radius 3 is 2.60 bits per heavy atom. The maximum absolute atomic E-state index is 12.1. The van der Waals surface area contributed by atoms with Crippen molar-refractivity contribution in [2.75, 3.05) is 19.6 Å². The Hall–Kier alpha value is -1.82. The van der Waals surface area contributed by atoms with E-state index in [1.165, 1.54) is 6.26 Å². The molecular weight excluding hydrogens is 258 g/mol. The van der Waals surface area contributed by atoms with Gasteiger partial charge in [-0.25, -0.2) is 0 Å². The van der Waals surface area contributed by atoms with Gasteiger partial charge in [-0.1, -0.05) is 20.8 Å². The zero-order valence-electron chi connectivity index (χ0n) is 12.2. The fourth-order valence-corrected chi connectivity index (χ4v) is 1.72. The summed E-state index contributed by atoms with van der Waals surface area (Å²) >= 11 is 0. The molecule has 0 radical (unpaired) electrons. The number of carbonyl (C=O) groups excluding carboxylic acids is 2. The average Bonchev–Trinajstić information content (AvgIpc) is 2.94. The molecule has 112 valence electrons. The van der Waals surface area contributed by atoms with Crippen molar-refractivity contribution in [3.05, 3.63) is 24.2 Å². The molecule has 1 heterocycles. The monoisotopic (exact) mass is 281 g/mol. The Labute approximate surface area is 119 Å². The summed E-state index contributed by atoms with van der Waals surface area (Å²) in [5.74, 6) is -0.363. The standard InChI is InChI=1S/C14H23N3O3/c1-4-15-7-8-16-14(19)12(10(2)3)17-13(18)11-6-5-9-20-11/h5-6,9-10,12,15H,4,7-8H2,1-3H3,(H,16,19)(H,17,18). The summed E-state index contributed by atoms with van der Waals surface area (Å²) < 4.78 is 5.01. The first-order chi connectivity index (χ1) is 9.56. The molecule has 0 aromatic carbocycles. The van der Waals surface area contributed by atoms with Gasteiger partial charge in [-0.05, 0) is 24.6 Å². The molecule has 0 aliphatic heterocycles. The lowest BCUT2D eigenvalue weighted by Gasteiger charge is -2.21. The van der Waals surface area contributed by atoms with Crippen molar-refractivity contribution in [1.82, 2.24) is 16.0 Å². The fraction of sp³-hybridized carbons (Fsp3) is 0.571. The van der Waals surface area contributed by atoms with Gasteiger partial charge in [-0.3, -0.25) is 9.59 Å². The normalized spacial score (nSPS) is 12.2. The Kier molecular flexibility index (Phi) is 6.79. The second-order valence-corrected chi connectivity index (χ2v) is 4.82. The van der Waals surface area contributed by atoms with Crippen LogP contribution in [0.15, 0.2) is 22.8 Å². The molecule has 0 saturated carbocycles. The molecule has 1 aromatic heterocycles. The van der Waals surface area contributed by atoms with Crippen molar-refractivity contribution in [1.29, 1.82) is 0 Å². The summed E-state index contributed by atoms with van der Waals surface area (Å²) in [6, 6.07) is 2.63. The number of amides is 2. The van der Waals surface area contributed by atoms with E-state index in [1.54, 1.807) is 12.1 Å². The molecule has 0 bridgehead atoms. The van der Waals surface area contributed by atoms with Crippen LogP contribution in [0.4, 0.5) is 0 Å². The topological polar surface area (TPSA) is 83.4 Å². The average molecular weight is 281 g/mol. The van der Waals surface area contributed by atoms with Crippen LogP contribution in [0.5, 0.6) is 0 Å². The highest BCUT2D eigenvalue weighted by Gasteiger charge is 2.25. The third kappa shape index (κ3) is 5.05. The van der Waals surface area contributed by atoms with Gasteiger partial charge in [0.1, 0.15) is 6.04 Å². The van der Waals surface area contributed by atoms with Gasteiger partial charge >= 0.3 is 0 Å². The van der Waals surface area contributed by atoms with Crippen LogP contribution in [0, 0.1) is 5.92 Å². The van der Waals surface area contributed by atoms with Crippen LogP contribution in [0.2, 0.25) is 0 Å². The van der Waals surface area contributed by atoms with E-state index in [9.17, 15) is 9.59 Å². The quantitative estimate of drug-likeness (QED) is 0.614. The molecule has 6 heteroatoms. The Morgan fingerprint density at radius 1 is 1.30 bits per heavy atom. The smallest absolute Gasteiger partial charge is 0.287 e. The molecule has 3 N–H and O–H groups in total. The van der Waals surface area contributed by atoms with E-state index in [0.29, 0.717) is 13.1 Å². The fourth-order valence-electron chi connectivity index (χ4n) is 1.72. The lowest BCUT2D eigenvalue weighted by atomic mass is 10.0. The number of carbonyl (C=O) groups is 2. The first kappa shape index (κ1) is 16.2. The van der Waals surface area contributed by atoms with Gasteiger partial charge in [0.05, 0.1) is 6.26 Å². The van der Waals surface area contributed by atoms with Gasteiger partial charge in [-0.2, -0.15) is 0 Å². The minimum absolute atomic E-state index is 0.00644. The molecule has 0 aliphatic rings. The minimum Gasteiger partial charge on any atom is -0.459 e. The van der Waals surface area contributed by atoms with Gasteiger partial charge in [0.25, 0.3) is 5.91 Å². The summed E-state index contributed by atoms with van der Waals surface area (Å²) in [5.41, 5.74) is 0. The summed E-state index contributed by atoms with van der Waals surface area (Å²) in [5, 5.41) is 8.62. The predicted molar refractivity (Wildman–Crippen MR) is 76.4 cm³/mol. The molecule has 2 amide bonds. The van der Waals surface area contributed by atoms with Gasteiger partial charge in [0.2, 0.25) is 5.91 Å². The van der Waals surface area contributed by atoms with Crippen LogP contribution in [-0.4, -0.2) is 37.5 Å². The molecule has 0 spiro atoms. The molecule has 0 fully saturated rings. The first-order valence-electron chi connectivity index (χ1n) is 6.89. The lowest BCUT2D eigenvalue weighted by Crippen LogP contribution is -2.50. The van der Waals surface area contributed by atoms with E-state index >= 15 is 0 Å². The first-order valence-corrected chi connectivity index (χ1v) is 6.89. The Morgan fingerprint density at radius 2 is 2.05 bits per heavy atom. The van der Waals surface area contributed by atoms with Crippen molar-refractivity contribution in [3.63, 3.8) is 0 Å². The van der Waals surface area contributed by atoms with E-state index in [2.05, 4.69) is 16.0 Å². The number of furan rings is 1. The van der Waals surface area contributed by atoms with Crippen molar-refractivity contribution in [2.24, 2.45) is 5.92 Å². The van der Waals surface area contributed by atoms with Crippen LogP contribution >= 0.6 is 0 Å². The lowest BCUT2D eigenvalue weighted by molar-refractivity contribution is -0.123. The molecule has 0 aliphatic carbocycles. The number of hydrogen-bond acceptors (Lipinski definition) is 4. The van der Waals surface area contributed by atoms with Gasteiger partial charge < -0.3 is 20.4 Å². The summed E-state index contributed by atoms with van der Waals surface area (Å²) in [4.78, 5) is 24.0. The van der Waals surface area contributed by atoms with E-state index in [-0.39, 0.29) is 23.5 Å². The number of hydrogen-bond donors (Lipinski definition) is 3. The van der Waals surface area contributed by atoms with Crippen LogP contribution in [0.3, 0.4) is 0 Å². The molecule has 1 atom stereocenters. The van der Waals surface area contributed by atoms with E-state index < -0.39 is 6.04 Å². The molecule has 1 rings (SSSR count). The van der Waals surface area contributed by atoms with Crippen molar-refractivity contribution < 1.29 is 14.0 Å². The second kappa shape index (κ2) is 8.37. The second-order valence-electron chi connectivity index (χ2n) is 4.82. The Balaban J connectivity index is 2.51. The van der Waals surface area contributed by atoms with Crippen LogP contribution in [0.1, 0.15) is 31.3 Å². The zero-order chi connectivity index (χ0) is 15.0. The maximum atomic E-state index is 12.1. The number of likely N-dealkylation sites (N-methyl/N-ethyl adjacent to an activating group) is 1. The van der Waals surface area contributed by atoms with E-state index in [4.69, 9.17) is 4.42 Å². The molecule has 1 unspecified atom stereocenters. The highest BCUT2D eigenvalue weighted by atomic mass is 16.3. The van der Waals surface area contributed by atoms with Crippen LogP contribution < -0.4 is 16.0 Å². The molecule has 6 nitrogen and oxygen atoms in total. The van der Waals surface area contributed by atoms with Crippen LogP contribution in [0.25, 0.3) is 0 Å². The van der Waals surface area contributed by atoms with E-state index in [0.717, 1.165) is 6.54 Å².